The number of carbonyl (C=O) groups excluding carboxylic acids is 2. The van der Waals surface area contributed by atoms with E-state index in [0.29, 0.717) is 12.2 Å². The van der Waals surface area contributed by atoms with Crippen molar-refractivity contribution in [3.63, 3.8) is 0 Å². The molecule has 1 saturated heterocycles. The molecule has 136 valence electrons. The molecule has 3 rings (SSSR count). The van der Waals surface area contributed by atoms with Crippen LogP contribution < -0.4 is 10.6 Å². The van der Waals surface area contributed by atoms with Crippen molar-refractivity contribution >= 4 is 11.8 Å². The van der Waals surface area contributed by atoms with E-state index in [4.69, 9.17) is 4.74 Å². The van der Waals surface area contributed by atoms with Gasteiger partial charge in [-0.05, 0) is 44.2 Å². The van der Waals surface area contributed by atoms with Crippen molar-refractivity contribution in [3.8, 4) is 0 Å². The number of hydrogen-bond acceptors (Lipinski definition) is 5. The predicted molar refractivity (Wildman–Crippen MR) is 90.8 cm³/mol. The van der Waals surface area contributed by atoms with Crippen LogP contribution in [0.4, 0.5) is 0 Å². The maximum absolute atomic E-state index is 12.2. The minimum absolute atomic E-state index is 0.0142. The van der Waals surface area contributed by atoms with Crippen molar-refractivity contribution in [1.29, 1.82) is 0 Å². The van der Waals surface area contributed by atoms with Crippen LogP contribution in [0.2, 0.25) is 0 Å². The highest BCUT2D eigenvalue weighted by atomic mass is 16.5. The highest BCUT2D eigenvalue weighted by Gasteiger charge is 2.33. The summed E-state index contributed by atoms with van der Waals surface area (Å²) in [6.45, 7) is 0.432. The first kappa shape index (κ1) is 17.8. The molecule has 0 radical (unpaired) electrons. The molecule has 3 N–H and O–H groups in total. The summed E-state index contributed by atoms with van der Waals surface area (Å²) in [5, 5.41) is 15.4. The van der Waals surface area contributed by atoms with Crippen LogP contribution in [0, 0.1) is 5.92 Å². The second-order valence-corrected chi connectivity index (χ2v) is 6.71. The molecule has 2 amide bonds. The van der Waals surface area contributed by atoms with Crippen molar-refractivity contribution in [3.05, 3.63) is 30.1 Å². The van der Waals surface area contributed by atoms with E-state index < -0.39 is 6.10 Å². The van der Waals surface area contributed by atoms with Gasteiger partial charge in [0.15, 0.2) is 0 Å². The summed E-state index contributed by atoms with van der Waals surface area (Å²) >= 11 is 0. The van der Waals surface area contributed by atoms with Gasteiger partial charge in [0.1, 0.15) is 11.8 Å². The van der Waals surface area contributed by atoms with Gasteiger partial charge in [0.25, 0.3) is 5.91 Å². The van der Waals surface area contributed by atoms with E-state index in [2.05, 4.69) is 15.6 Å². The van der Waals surface area contributed by atoms with E-state index in [-0.39, 0.29) is 36.5 Å². The fourth-order valence-electron chi connectivity index (χ4n) is 3.09. The summed E-state index contributed by atoms with van der Waals surface area (Å²) in [6.07, 6.45) is 5.34. The number of rotatable bonds is 7. The van der Waals surface area contributed by atoms with Crippen molar-refractivity contribution in [2.75, 3.05) is 13.2 Å². The molecule has 1 saturated carbocycles. The van der Waals surface area contributed by atoms with Crippen molar-refractivity contribution in [1.82, 2.24) is 15.6 Å². The summed E-state index contributed by atoms with van der Waals surface area (Å²) in [6, 6.07) is 4.92. The van der Waals surface area contributed by atoms with E-state index in [9.17, 15) is 14.7 Å². The molecular formula is C18H25N3O4. The van der Waals surface area contributed by atoms with E-state index in [1.807, 2.05) is 0 Å². The molecule has 7 heteroatoms. The summed E-state index contributed by atoms with van der Waals surface area (Å²) in [5.41, 5.74) is 0.351. The number of nitrogens with one attached hydrogen (secondary N) is 2. The molecule has 7 nitrogen and oxygen atoms in total. The Hall–Kier alpha value is -1.99. The van der Waals surface area contributed by atoms with E-state index in [1.54, 1.807) is 24.4 Å². The fraction of sp³-hybridized carbons (Fsp3) is 0.611. The highest BCUT2D eigenvalue weighted by Crippen LogP contribution is 2.28. The minimum atomic E-state index is -0.439. The molecule has 0 spiro atoms. The van der Waals surface area contributed by atoms with Gasteiger partial charge >= 0.3 is 0 Å². The molecule has 2 aliphatic rings. The van der Waals surface area contributed by atoms with Crippen LogP contribution in [0.25, 0.3) is 0 Å². The Balaban J connectivity index is 1.44. The summed E-state index contributed by atoms with van der Waals surface area (Å²) < 4.78 is 5.91. The molecule has 0 bridgehead atoms. The third-order valence-electron chi connectivity index (χ3n) is 4.72. The molecule has 0 unspecified atom stereocenters. The lowest BCUT2D eigenvalue weighted by molar-refractivity contribution is -0.122. The van der Waals surface area contributed by atoms with Gasteiger partial charge in [0.05, 0.1) is 18.8 Å². The third kappa shape index (κ3) is 4.99. The molecule has 1 aliphatic carbocycles. The normalized spacial score (nSPS) is 26.0. The molecule has 2 heterocycles. The zero-order valence-electron chi connectivity index (χ0n) is 14.2. The monoisotopic (exact) mass is 347 g/mol. The number of hydrogen-bond donors (Lipinski definition) is 3. The van der Waals surface area contributed by atoms with Crippen LogP contribution in [0.3, 0.4) is 0 Å². The molecule has 1 aromatic heterocycles. The zero-order chi connectivity index (χ0) is 17.6. The van der Waals surface area contributed by atoms with E-state index in [1.165, 1.54) is 0 Å². The highest BCUT2D eigenvalue weighted by molar-refractivity contribution is 5.92. The number of carbonyl (C=O) groups is 2. The van der Waals surface area contributed by atoms with Crippen molar-refractivity contribution in [2.24, 2.45) is 5.92 Å². The van der Waals surface area contributed by atoms with Crippen molar-refractivity contribution < 1.29 is 19.4 Å². The average Bonchev–Trinajstić information content (AvgIpc) is 3.48. The van der Waals surface area contributed by atoms with Crippen LogP contribution in [0.15, 0.2) is 24.4 Å². The first-order chi connectivity index (χ1) is 12.2. The van der Waals surface area contributed by atoms with Gasteiger partial charge in [0.2, 0.25) is 5.91 Å². The maximum Gasteiger partial charge on any atom is 0.270 e. The number of aromatic nitrogens is 1. The van der Waals surface area contributed by atoms with Gasteiger partial charge in [-0.25, -0.2) is 0 Å². The molecule has 2 fully saturated rings. The largest absolute Gasteiger partial charge is 0.394 e. The average molecular weight is 347 g/mol. The quantitative estimate of drug-likeness (QED) is 0.672. The number of pyridine rings is 1. The first-order valence-electron chi connectivity index (χ1n) is 8.93. The molecule has 1 aliphatic heterocycles. The number of aliphatic hydroxyl groups is 1. The van der Waals surface area contributed by atoms with Gasteiger partial charge in [-0.1, -0.05) is 6.07 Å². The Morgan fingerprint density at radius 1 is 1.24 bits per heavy atom. The lowest BCUT2D eigenvalue weighted by atomic mass is 9.97. The molecular weight excluding hydrogens is 322 g/mol. The van der Waals surface area contributed by atoms with Crippen molar-refractivity contribution in [2.45, 2.75) is 50.4 Å². The molecule has 0 aromatic carbocycles. The van der Waals surface area contributed by atoms with Gasteiger partial charge in [-0.2, -0.15) is 0 Å². The Bertz CT molecular complexity index is 591. The number of nitrogens with zero attached hydrogens (tertiary/aromatic N) is 1. The van der Waals surface area contributed by atoms with Gasteiger partial charge in [-0.15, -0.1) is 0 Å². The standard InChI is InChI=1S/C18H25N3O4/c22-11-16-14(21-18(24)15-3-1-2-9-19-15)7-6-13(25-16)8-10-20-17(23)12-4-5-12/h1-3,9,12-14,16,22H,4-8,10-11H2,(H,20,23)(H,21,24)/t13-,14-,16-/m1/s1. The third-order valence-corrected chi connectivity index (χ3v) is 4.72. The summed E-state index contributed by atoms with van der Waals surface area (Å²) in [7, 11) is 0. The minimum Gasteiger partial charge on any atom is -0.394 e. The maximum atomic E-state index is 12.2. The Morgan fingerprint density at radius 2 is 2.08 bits per heavy atom. The predicted octanol–water partition coefficient (Wildman–Crippen LogP) is 0.636. The molecule has 25 heavy (non-hydrogen) atoms. The lowest BCUT2D eigenvalue weighted by Gasteiger charge is -2.36. The fourth-order valence-corrected chi connectivity index (χ4v) is 3.09. The van der Waals surface area contributed by atoms with Gasteiger partial charge in [0, 0.05) is 18.7 Å². The van der Waals surface area contributed by atoms with Crippen LogP contribution in [0.5, 0.6) is 0 Å². The topological polar surface area (TPSA) is 101 Å². The Kier molecular flexibility index (Phi) is 5.99. The molecule has 1 aromatic rings. The summed E-state index contributed by atoms with van der Waals surface area (Å²) in [4.78, 5) is 27.9. The molecule has 3 atom stereocenters. The second-order valence-electron chi connectivity index (χ2n) is 6.71. The van der Waals surface area contributed by atoms with Crippen LogP contribution in [0.1, 0.15) is 42.6 Å². The van der Waals surface area contributed by atoms with Crippen LogP contribution >= 0.6 is 0 Å². The smallest absolute Gasteiger partial charge is 0.270 e. The zero-order valence-corrected chi connectivity index (χ0v) is 14.2. The van der Waals surface area contributed by atoms with E-state index in [0.717, 1.165) is 32.1 Å². The van der Waals surface area contributed by atoms with Crippen LogP contribution in [-0.4, -0.2) is 53.3 Å². The number of amides is 2. The SMILES string of the molecule is O=C(N[C@@H]1CC[C@H](CCNC(=O)C2CC2)O[C@@H]1CO)c1ccccn1. The summed E-state index contributed by atoms with van der Waals surface area (Å²) in [5.74, 6) is 0.0847. The van der Waals surface area contributed by atoms with E-state index >= 15 is 0 Å². The van der Waals surface area contributed by atoms with Crippen LogP contribution in [-0.2, 0) is 9.53 Å². The number of aliphatic hydroxyl groups excluding tert-OH is 1. The first-order valence-corrected chi connectivity index (χ1v) is 8.93. The number of ether oxygens (including phenoxy) is 1. The van der Waals surface area contributed by atoms with Gasteiger partial charge in [-0.3, -0.25) is 14.6 Å². The Labute approximate surface area is 147 Å². The van der Waals surface area contributed by atoms with Gasteiger partial charge < -0.3 is 20.5 Å². The Morgan fingerprint density at radius 3 is 2.76 bits per heavy atom. The lowest BCUT2D eigenvalue weighted by Crippen LogP contribution is -2.51. The second kappa shape index (κ2) is 8.40.